The molecule has 0 saturated carbocycles. The predicted octanol–water partition coefficient (Wildman–Crippen LogP) is 0.912. The number of nitrogens with one attached hydrogen (secondary N) is 1. The number of rotatable bonds is 5. The van der Waals surface area contributed by atoms with E-state index in [2.05, 4.69) is 25.5 Å². The van der Waals surface area contributed by atoms with Crippen LogP contribution in [-0.4, -0.2) is 27.1 Å². The topological polar surface area (TPSA) is 80.0 Å². The number of anilines is 1. The average Bonchev–Trinajstić information content (AvgIpc) is 2.89. The van der Waals surface area contributed by atoms with Gasteiger partial charge in [-0.05, 0) is 7.05 Å². The fourth-order valence-corrected chi connectivity index (χ4v) is 2.53. The Morgan fingerprint density at radius 2 is 2.31 bits per heavy atom. The van der Waals surface area contributed by atoms with Gasteiger partial charge in [-0.2, -0.15) is 0 Å². The highest BCUT2D eigenvalue weighted by Crippen LogP contribution is 2.16. The van der Waals surface area contributed by atoms with Crippen molar-refractivity contribution in [1.82, 2.24) is 20.1 Å². The maximum Gasteiger partial charge on any atom is 0.219 e. The Labute approximate surface area is 101 Å². The highest BCUT2D eigenvalue weighted by molar-refractivity contribution is 7.15. The fraction of sp³-hybridized carbons (Fsp3) is 0.375. The van der Waals surface area contributed by atoms with E-state index >= 15 is 0 Å². The van der Waals surface area contributed by atoms with E-state index in [0.29, 0.717) is 5.13 Å². The first kappa shape index (κ1) is 11.4. The molecule has 2 heterocycles. The molecule has 8 heteroatoms. The van der Waals surface area contributed by atoms with E-state index in [9.17, 15) is 0 Å². The summed E-state index contributed by atoms with van der Waals surface area (Å²) in [4.78, 5) is 6.37. The standard InChI is InChI=1S/C8H12N6S2/c1-14(2-6-4-15-5-10-6)3-7-12-13-8(11-9)16-7/h4-5H,2-3,9H2,1H3,(H,11,13). The monoisotopic (exact) mass is 256 g/mol. The van der Waals surface area contributed by atoms with Gasteiger partial charge in [-0.1, -0.05) is 11.3 Å². The van der Waals surface area contributed by atoms with Gasteiger partial charge < -0.3 is 0 Å². The Bertz CT molecular complexity index is 425. The van der Waals surface area contributed by atoms with E-state index in [1.165, 1.54) is 11.3 Å². The van der Waals surface area contributed by atoms with Crippen LogP contribution in [0.15, 0.2) is 10.9 Å². The molecule has 6 nitrogen and oxygen atoms in total. The summed E-state index contributed by atoms with van der Waals surface area (Å²) >= 11 is 3.06. The molecule has 0 atom stereocenters. The van der Waals surface area contributed by atoms with Crippen molar-refractivity contribution in [3.05, 3.63) is 21.6 Å². The molecular weight excluding hydrogens is 244 g/mol. The number of hydrazine groups is 1. The van der Waals surface area contributed by atoms with Gasteiger partial charge in [0.25, 0.3) is 0 Å². The number of hydrogen-bond acceptors (Lipinski definition) is 8. The molecule has 16 heavy (non-hydrogen) atoms. The summed E-state index contributed by atoms with van der Waals surface area (Å²) in [5.74, 6) is 5.24. The molecule has 0 amide bonds. The molecule has 0 fully saturated rings. The normalized spacial score (nSPS) is 10.9. The first-order valence-corrected chi connectivity index (χ1v) is 6.38. The minimum absolute atomic E-state index is 0.636. The van der Waals surface area contributed by atoms with Crippen LogP contribution in [0, 0.1) is 0 Å². The second-order valence-electron chi connectivity index (χ2n) is 3.30. The van der Waals surface area contributed by atoms with Crippen molar-refractivity contribution >= 4 is 27.8 Å². The molecule has 3 N–H and O–H groups in total. The van der Waals surface area contributed by atoms with Crippen LogP contribution in [0.4, 0.5) is 5.13 Å². The first-order valence-electron chi connectivity index (χ1n) is 4.62. The maximum absolute atomic E-state index is 5.24. The first-order chi connectivity index (χ1) is 7.78. The van der Waals surface area contributed by atoms with Crippen LogP contribution in [0.1, 0.15) is 10.7 Å². The highest BCUT2D eigenvalue weighted by atomic mass is 32.1. The number of nitrogens with two attached hydrogens (primary N) is 1. The number of nitrogens with zero attached hydrogens (tertiary/aromatic N) is 4. The fourth-order valence-electron chi connectivity index (χ4n) is 1.25. The summed E-state index contributed by atoms with van der Waals surface area (Å²) in [5.41, 5.74) is 5.40. The van der Waals surface area contributed by atoms with Crippen molar-refractivity contribution in [2.75, 3.05) is 12.5 Å². The van der Waals surface area contributed by atoms with Crippen molar-refractivity contribution in [1.29, 1.82) is 0 Å². The van der Waals surface area contributed by atoms with Crippen LogP contribution >= 0.6 is 22.7 Å². The number of hydrogen-bond donors (Lipinski definition) is 2. The smallest absolute Gasteiger partial charge is 0.219 e. The van der Waals surface area contributed by atoms with E-state index in [-0.39, 0.29) is 0 Å². The number of nitrogen functional groups attached to an aromatic ring is 1. The van der Waals surface area contributed by atoms with Crippen molar-refractivity contribution in [3.63, 3.8) is 0 Å². The molecule has 0 spiro atoms. The summed E-state index contributed by atoms with van der Waals surface area (Å²) in [6.07, 6.45) is 0. The van der Waals surface area contributed by atoms with Crippen LogP contribution < -0.4 is 11.3 Å². The maximum atomic E-state index is 5.24. The zero-order valence-corrected chi connectivity index (χ0v) is 10.4. The van der Waals surface area contributed by atoms with Crippen molar-refractivity contribution in [3.8, 4) is 0 Å². The molecule has 0 aliphatic rings. The number of thiazole rings is 1. The van der Waals surface area contributed by atoms with Gasteiger partial charge in [0.1, 0.15) is 5.01 Å². The molecule has 86 valence electrons. The third kappa shape index (κ3) is 2.95. The zero-order chi connectivity index (χ0) is 11.4. The van der Waals surface area contributed by atoms with Gasteiger partial charge >= 0.3 is 0 Å². The summed E-state index contributed by atoms with van der Waals surface area (Å²) < 4.78 is 0. The lowest BCUT2D eigenvalue weighted by molar-refractivity contribution is 0.314. The predicted molar refractivity (Wildman–Crippen MR) is 65.0 cm³/mol. The molecular formula is C8H12N6S2. The Hall–Kier alpha value is -1.09. The van der Waals surface area contributed by atoms with E-state index in [4.69, 9.17) is 5.84 Å². The van der Waals surface area contributed by atoms with Gasteiger partial charge in [-0.25, -0.2) is 10.8 Å². The molecule has 0 aromatic carbocycles. The van der Waals surface area contributed by atoms with Gasteiger partial charge in [0.15, 0.2) is 0 Å². The second kappa shape index (κ2) is 5.30. The third-order valence-corrected chi connectivity index (χ3v) is 3.39. The molecule has 2 aromatic rings. The number of aromatic nitrogens is 3. The molecule has 0 aliphatic heterocycles. The van der Waals surface area contributed by atoms with Gasteiger partial charge in [-0.15, -0.1) is 21.5 Å². The van der Waals surface area contributed by atoms with Crippen LogP contribution in [0.5, 0.6) is 0 Å². The van der Waals surface area contributed by atoms with Crippen LogP contribution in [-0.2, 0) is 13.1 Å². The van der Waals surface area contributed by atoms with Gasteiger partial charge in [0, 0.05) is 11.9 Å². The van der Waals surface area contributed by atoms with E-state index in [0.717, 1.165) is 23.8 Å². The van der Waals surface area contributed by atoms with Gasteiger partial charge in [-0.3, -0.25) is 10.3 Å². The van der Waals surface area contributed by atoms with E-state index in [1.807, 2.05) is 17.9 Å². The minimum Gasteiger partial charge on any atom is -0.298 e. The molecule has 0 unspecified atom stereocenters. The summed E-state index contributed by atoms with van der Waals surface area (Å²) in [5, 5.41) is 11.5. The third-order valence-electron chi connectivity index (χ3n) is 1.91. The molecule has 0 bridgehead atoms. The lowest BCUT2D eigenvalue weighted by atomic mass is 10.4. The summed E-state index contributed by atoms with van der Waals surface area (Å²) in [7, 11) is 2.02. The summed E-state index contributed by atoms with van der Waals surface area (Å²) in [6, 6.07) is 0. The Morgan fingerprint density at radius 3 is 2.94 bits per heavy atom. The van der Waals surface area contributed by atoms with Crippen molar-refractivity contribution < 1.29 is 0 Å². The molecule has 0 saturated heterocycles. The van der Waals surface area contributed by atoms with Crippen LogP contribution in [0.2, 0.25) is 0 Å². The van der Waals surface area contributed by atoms with Crippen LogP contribution in [0.25, 0.3) is 0 Å². The van der Waals surface area contributed by atoms with E-state index in [1.54, 1.807) is 11.3 Å². The lowest BCUT2D eigenvalue weighted by Gasteiger charge is -2.12. The Morgan fingerprint density at radius 1 is 1.44 bits per heavy atom. The van der Waals surface area contributed by atoms with Gasteiger partial charge in [0.2, 0.25) is 5.13 Å². The SMILES string of the molecule is CN(Cc1cscn1)Cc1nnc(NN)s1. The Balaban J connectivity index is 1.89. The van der Waals surface area contributed by atoms with Crippen LogP contribution in [0.3, 0.4) is 0 Å². The molecule has 0 aliphatic carbocycles. The van der Waals surface area contributed by atoms with Crippen molar-refractivity contribution in [2.24, 2.45) is 5.84 Å². The molecule has 2 aromatic heterocycles. The minimum atomic E-state index is 0.636. The lowest BCUT2D eigenvalue weighted by Crippen LogP contribution is -2.17. The van der Waals surface area contributed by atoms with E-state index < -0.39 is 0 Å². The summed E-state index contributed by atoms with van der Waals surface area (Å²) in [6.45, 7) is 1.56. The molecule has 2 rings (SSSR count). The second-order valence-corrected chi connectivity index (χ2v) is 5.08. The zero-order valence-electron chi connectivity index (χ0n) is 8.75. The quantitative estimate of drug-likeness (QED) is 0.611. The Kier molecular flexibility index (Phi) is 3.78. The largest absolute Gasteiger partial charge is 0.298 e. The average molecular weight is 256 g/mol. The van der Waals surface area contributed by atoms with Crippen molar-refractivity contribution in [2.45, 2.75) is 13.1 Å². The highest BCUT2D eigenvalue weighted by Gasteiger charge is 2.07. The molecule has 0 radical (unpaired) electrons. The van der Waals surface area contributed by atoms with Gasteiger partial charge in [0.05, 0.1) is 17.7 Å².